The number of nitrogens with one attached hydrogen (secondary N) is 1. The largest absolute Gasteiger partial charge is 0.489 e. The molecule has 0 saturated heterocycles. The number of nitriles is 2. The normalized spacial score (nSPS) is 15.5. The average Bonchev–Trinajstić information content (AvgIpc) is 2.65. The second-order valence-electron chi connectivity index (χ2n) is 6.43. The Balaban J connectivity index is 2.17. The fourth-order valence-electron chi connectivity index (χ4n) is 2.21. The van der Waals surface area contributed by atoms with Gasteiger partial charge < -0.3 is 10.1 Å². The van der Waals surface area contributed by atoms with Gasteiger partial charge in [0, 0.05) is 10.0 Å². The molecule has 0 fully saturated rings. The minimum Gasteiger partial charge on any atom is -0.489 e. The Bertz CT molecular complexity index is 1080. The number of rotatable bonds is 6. The molecule has 0 spiro atoms. The third-order valence-electron chi connectivity index (χ3n) is 3.78. The van der Waals surface area contributed by atoms with Crippen LogP contribution < -0.4 is 10.1 Å². The highest BCUT2D eigenvalue weighted by atomic mass is 79.9. The summed E-state index contributed by atoms with van der Waals surface area (Å²) in [6, 6.07) is 9.66. The predicted octanol–water partition coefficient (Wildman–Crippen LogP) is 6.07. The van der Waals surface area contributed by atoms with Crippen LogP contribution in [0, 0.1) is 22.7 Å². The van der Waals surface area contributed by atoms with Gasteiger partial charge in [-0.1, -0.05) is 35.4 Å². The predicted molar refractivity (Wildman–Crippen MR) is 104 cm³/mol. The van der Waals surface area contributed by atoms with Crippen LogP contribution in [-0.2, 0) is 0 Å². The van der Waals surface area contributed by atoms with Crippen molar-refractivity contribution < 1.29 is 29.0 Å². The van der Waals surface area contributed by atoms with Crippen LogP contribution in [0.2, 0.25) is 0 Å². The van der Waals surface area contributed by atoms with E-state index in [0.29, 0.717) is 16.6 Å². The Morgan fingerprint density at radius 2 is 1.73 bits per heavy atom. The Labute approximate surface area is 176 Å². The van der Waals surface area contributed by atoms with Crippen LogP contribution in [-0.4, -0.2) is 18.1 Å². The van der Waals surface area contributed by atoms with E-state index in [9.17, 15) is 29.5 Å². The molecule has 160 valence electrons. The lowest BCUT2D eigenvalue weighted by Gasteiger charge is -2.40. The summed E-state index contributed by atoms with van der Waals surface area (Å²) in [5.74, 6) is -0.825. The van der Waals surface area contributed by atoms with Gasteiger partial charge in [0.25, 0.3) is 5.91 Å². The van der Waals surface area contributed by atoms with Gasteiger partial charge in [-0.3, -0.25) is 4.79 Å². The number of amides is 1. The van der Waals surface area contributed by atoms with Crippen LogP contribution in [0.25, 0.3) is 0 Å². The molecule has 2 rings (SSSR count). The van der Waals surface area contributed by atoms with Crippen LogP contribution >= 0.6 is 26.2 Å². The van der Waals surface area contributed by atoms with Crippen molar-refractivity contribution in [3.8, 4) is 17.9 Å². The minimum atomic E-state index is -9.85. The summed E-state index contributed by atoms with van der Waals surface area (Å²) in [7, 11) is -9.85. The number of ether oxygens (including phenoxy) is 1. The first-order chi connectivity index (χ1) is 13.6. The van der Waals surface area contributed by atoms with E-state index in [4.69, 9.17) is 10.00 Å². The number of nitrogens with zero attached hydrogens (tertiary/aromatic N) is 2. The van der Waals surface area contributed by atoms with E-state index >= 15 is 0 Å². The maximum absolute atomic E-state index is 12.8. The van der Waals surface area contributed by atoms with Crippen molar-refractivity contribution in [3.63, 3.8) is 0 Å². The van der Waals surface area contributed by atoms with E-state index in [1.54, 1.807) is 12.1 Å². The van der Waals surface area contributed by atoms with Crippen LogP contribution in [0.5, 0.6) is 5.75 Å². The Kier molecular flexibility index (Phi) is 5.58. The summed E-state index contributed by atoms with van der Waals surface area (Å²) in [6.07, 6.45) is 0. The van der Waals surface area contributed by atoms with Gasteiger partial charge in [-0.15, -0.1) is 0 Å². The standard InChI is InChI=1S/C18H13BrF5N3O2S/c1-18(10-26,11-29-16-8-14(19)5-2-13(16)9-25)27-17(28)12-3-6-15(7-4-12)30(20,21,22,23)24/h2-8H,11H2,1H3,(H,27,28). The van der Waals surface area contributed by atoms with Gasteiger partial charge in [0.05, 0.1) is 11.6 Å². The second kappa shape index (κ2) is 7.15. The molecule has 2 aromatic carbocycles. The molecule has 0 heterocycles. The second-order valence-corrected chi connectivity index (χ2v) is 9.76. The minimum absolute atomic E-state index is 0.109. The van der Waals surface area contributed by atoms with Crippen molar-refractivity contribution in [3.05, 3.63) is 58.1 Å². The van der Waals surface area contributed by atoms with Gasteiger partial charge in [-0.2, -0.15) is 10.5 Å². The monoisotopic (exact) mass is 509 g/mol. The number of benzene rings is 2. The zero-order valence-electron chi connectivity index (χ0n) is 15.1. The third kappa shape index (κ3) is 5.84. The van der Waals surface area contributed by atoms with E-state index in [2.05, 4.69) is 21.2 Å². The van der Waals surface area contributed by atoms with Gasteiger partial charge in [0.2, 0.25) is 0 Å². The molecule has 1 unspecified atom stereocenters. The molecule has 0 aliphatic carbocycles. The highest BCUT2D eigenvalue weighted by molar-refractivity contribution is 9.10. The molecule has 2 aromatic rings. The maximum Gasteiger partial charge on any atom is 0.310 e. The Morgan fingerprint density at radius 1 is 1.13 bits per heavy atom. The molecule has 0 saturated carbocycles. The highest BCUT2D eigenvalue weighted by Crippen LogP contribution is 3.02. The topological polar surface area (TPSA) is 85.9 Å². The number of hydrogen-bond acceptors (Lipinski definition) is 4. The van der Waals surface area contributed by atoms with Crippen molar-refractivity contribution in [2.45, 2.75) is 17.4 Å². The van der Waals surface area contributed by atoms with Crippen molar-refractivity contribution in [1.82, 2.24) is 5.32 Å². The van der Waals surface area contributed by atoms with Gasteiger partial charge in [0.15, 0.2) is 5.54 Å². The lowest BCUT2D eigenvalue weighted by atomic mass is 10.0. The van der Waals surface area contributed by atoms with Crippen LogP contribution in [0.3, 0.4) is 0 Å². The van der Waals surface area contributed by atoms with Gasteiger partial charge in [0.1, 0.15) is 23.3 Å². The number of carbonyl (C=O) groups is 1. The molecule has 1 N–H and O–H groups in total. The van der Waals surface area contributed by atoms with Crippen molar-refractivity contribution in [1.29, 1.82) is 10.5 Å². The van der Waals surface area contributed by atoms with Crippen molar-refractivity contribution >= 4 is 32.1 Å². The molecular formula is C18H13BrF5N3O2S. The summed E-state index contributed by atoms with van der Waals surface area (Å²) in [6.45, 7) is 0.891. The van der Waals surface area contributed by atoms with Gasteiger partial charge in [-0.25, -0.2) is 0 Å². The smallest absolute Gasteiger partial charge is 0.310 e. The highest BCUT2D eigenvalue weighted by Gasteiger charge is 2.65. The molecular weight excluding hydrogens is 497 g/mol. The molecule has 0 bridgehead atoms. The first-order valence-corrected chi connectivity index (χ1v) is 10.7. The summed E-state index contributed by atoms with van der Waals surface area (Å²) >= 11 is 3.21. The molecule has 0 aliphatic rings. The van der Waals surface area contributed by atoms with Crippen LogP contribution in [0.1, 0.15) is 22.8 Å². The first-order valence-electron chi connectivity index (χ1n) is 7.97. The third-order valence-corrected chi connectivity index (χ3v) is 5.43. The molecule has 5 nitrogen and oxygen atoms in total. The van der Waals surface area contributed by atoms with Crippen molar-refractivity contribution in [2.24, 2.45) is 0 Å². The van der Waals surface area contributed by atoms with E-state index in [1.165, 1.54) is 19.1 Å². The molecule has 1 amide bonds. The molecule has 0 aromatic heterocycles. The Hall–Kier alpha value is -2.83. The number of hydrogen-bond donors (Lipinski definition) is 1. The Morgan fingerprint density at radius 3 is 2.23 bits per heavy atom. The summed E-state index contributed by atoms with van der Waals surface area (Å²) in [4.78, 5) is 10.2. The summed E-state index contributed by atoms with van der Waals surface area (Å²) in [5.41, 5.74) is -1.82. The molecule has 12 heteroatoms. The van der Waals surface area contributed by atoms with E-state index < -0.39 is 33.2 Å². The van der Waals surface area contributed by atoms with Crippen LogP contribution in [0.4, 0.5) is 19.4 Å². The van der Waals surface area contributed by atoms with Gasteiger partial charge in [-0.05, 0) is 49.4 Å². The van der Waals surface area contributed by atoms with Crippen LogP contribution in [0.15, 0.2) is 51.8 Å². The summed E-state index contributed by atoms with van der Waals surface area (Å²) < 4.78 is 69.9. The van der Waals surface area contributed by atoms with E-state index in [0.717, 1.165) is 0 Å². The SMILES string of the molecule is CC(C#N)(COc1cc(Br)ccc1C#N)NC(=O)c1ccc(S(F)(F)(F)(F)F)cc1. The van der Waals surface area contributed by atoms with Crippen molar-refractivity contribution in [2.75, 3.05) is 6.61 Å². The molecule has 0 radical (unpaired) electrons. The lowest BCUT2D eigenvalue weighted by molar-refractivity contribution is 0.0901. The zero-order valence-corrected chi connectivity index (χ0v) is 17.5. The van der Waals surface area contributed by atoms with E-state index in [-0.39, 0.29) is 29.0 Å². The number of carbonyl (C=O) groups excluding carboxylic acids is 1. The molecule has 30 heavy (non-hydrogen) atoms. The quantitative estimate of drug-likeness (QED) is 0.478. The number of halogens is 6. The maximum atomic E-state index is 12.8. The first kappa shape index (κ1) is 23.4. The summed E-state index contributed by atoms with van der Waals surface area (Å²) in [5, 5.41) is 20.8. The molecule has 0 aliphatic heterocycles. The van der Waals surface area contributed by atoms with Gasteiger partial charge >= 0.3 is 10.2 Å². The zero-order chi connectivity index (χ0) is 22.9. The van der Waals surface area contributed by atoms with E-state index in [1.807, 2.05) is 6.07 Å². The molecule has 1 atom stereocenters. The lowest BCUT2D eigenvalue weighted by Crippen LogP contribution is -2.49. The fourth-order valence-corrected chi connectivity index (χ4v) is 3.20. The fraction of sp³-hybridized carbons (Fsp3) is 0.167. The average molecular weight is 510 g/mol.